The minimum absolute atomic E-state index is 0.0682. The van der Waals surface area contributed by atoms with Crippen molar-refractivity contribution in [3.05, 3.63) is 12.2 Å². The SMILES string of the molecule is C=C(CC(C)C(=O)OCC1CCC2OC2C1)C1CCC2OC2C1. The molecule has 2 aliphatic heterocycles. The molecular formula is C19H28O4. The average molecular weight is 320 g/mol. The Morgan fingerprint density at radius 1 is 1.09 bits per heavy atom. The normalized spacial score (nSPS) is 42.1. The lowest BCUT2D eigenvalue weighted by molar-refractivity contribution is -0.149. The smallest absolute Gasteiger partial charge is 0.308 e. The van der Waals surface area contributed by atoms with Crippen LogP contribution in [-0.2, 0) is 19.0 Å². The molecule has 0 aromatic rings. The molecule has 0 bridgehead atoms. The van der Waals surface area contributed by atoms with Gasteiger partial charge in [-0.25, -0.2) is 0 Å². The van der Waals surface area contributed by atoms with Gasteiger partial charge in [0.15, 0.2) is 0 Å². The summed E-state index contributed by atoms with van der Waals surface area (Å²) in [6, 6.07) is 0. The Labute approximate surface area is 138 Å². The number of rotatable bonds is 6. The second-order valence-electron chi connectivity index (χ2n) is 8.01. The molecule has 0 N–H and O–H groups in total. The van der Waals surface area contributed by atoms with Crippen LogP contribution >= 0.6 is 0 Å². The number of ether oxygens (including phenoxy) is 3. The van der Waals surface area contributed by atoms with Crippen molar-refractivity contribution < 1.29 is 19.0 Å². The van der Waals surface area contributed by atoms with Gasteiger partial charge in [0, 0.05) is 0 Å². The standard InChI is InChI=1S/C19H28O4/c1-11(14-4-6-16-18(9-14)23-16)7-12(2)19(20)21-10-13-3-5-15-17(8-13)22-15/h12-18H,1,3-10H2,2H3. The molecule has 4 fully saturated rings. The lowest BCUT2D eigenvalue weighted by Gasteiger charge is -2.24. The van der Waals surface area contributed by atoms with E-state index in [9.17, 15) is 4.79 Å². The van der Waals surface area contributed by atoms with Gasteiger partial charge in [0.1, 0.15) is 0 Å². The first-order chi connectivity index (χ1) is 11.1. The second-order valence-corrected chi connectivity index (χ2v) is 8.01. The lowest BCUT2D eigenvalue weighted by atomic mass is 9.81. The number of hydrogen-bond acceptors (Lipinski definition) is 4. The number of fused-ring (bicyclic) bond motifs is 2. The quantitative estimate of drug-likeness (QED) is 0.428. The predicted octanol–water partition coefficient (Wildman–Crippen LogP) is 3.25. The Morgan fingerprint density at radius 3 is 2.48 bits per heavy atom. The van der Waals surface area contributed by atoms with Gasteiger partial charge in [-0.1, -0.05) is 19.1 Å². The van der Waals surface area contributed by atoms with Crippen molar-refractivity contribution in [2.75, 3.05) is 6.61 Å². The van der Waals surface area contributed by atoms with Gasteiger partial charge >= 0.3 is 5.97 Å². The van der Waals surface area contributed by atoms with Crippen molar-refractivity contribution in [1.82, 2.24) is 0 Å². The first-order valence-electron chi connectivity index (χ1n) is 9.25. The summed E-state index contributed by atoms with van der Waals surface area (Å²) in [6.07, 6.45) is 9.41. The van der Waals surface area contributed by atoms with E-state index in [4.69, 9.17) is 14.2 Å². The fourth-order valence-electron chi connectivity index (χ4n) is 4.40. The first-order valence-corrected chi connectivity index (χ1v) is 9.25. The van der Waals surface area contributed by atoms with Crippen LogP contribution in [0.3, 0.4) is 0 Å². The maximum absolute atomic E-state index is 12.2. The number of esters is 1. The third-order valence-corrected chi connectivity index (χ3v) is 6.13. The molecule has 4 rings (SSSR count). The molecule has 2 saturated heterocycles. The maximum atomic E-state index is 12.2. The van der Waals surface area contributed by atoms with E-state index in [1.165, 1.54) is 5.57 Å². The number of carbonyl (C=O) groups is 1. The highest BCUT2D eigenvalue weighted by Crippen LogP contribution is 2.43. The van der Waals surface area contributed by atoms with Crippen LogP contribution in [0.5, 0.6) is 0 Å². The van der Waals surface area contributed by atoms with Gasteiger partial charge in [-0.15, -0.1) is 0 Å². The molecule has 23 heavy (non-hydrogen) atoms. The molecule has 7 atom stereocenters. The minimum atomic E-state index is -0.0890. The van der Waals surface area contributed by atoms with Crippen LogP contribution in [0.2, 0.25) is 0 Å². The Balaban J connectivity index is 1.18. The van der Waals surface area contributed by atoms with Gasteiger partial charge < -0.3 is 14.2 Å². The van der Waals surface area contributed by atoms with Crippen molar-refractivity contribution in [2.45, 2.75) is 76.3 Å². The second kappa shape index (κ2) is 6.21. The Morgan fingerprint density at radius 2 is 1.78 bits per heavy atom. The minimum Gasteiger partial charge on any atom is -0.465 e. The molecule has 0 spiro atoms. The number of allylic oxidation sites excluding steroid dienone is 1. The molecule has 0 aromatic heterocycles. The average Bonchev–Trinajstić information content (AvgIpc) is 3.44. The number of epoxide rings is 2. The fourth-order valence-corrected chi connectivity index (χ4v) is 4.40. The number of hydrogen-bond donors (Lipinski definition) is 0. The summed E-state index contributed by atoms with van der Waals surface area (Å²) >= 11 is 0. The third kappa shape index (κ3) is 3.63. The Hall–Kier alpha value is -0.870. The highest BCUT2D eigenvalue weighted by molar-refractivity contribution is 5.72. The molecule has 0 aromatic carbocycles. The van der Waals surface area contributed by atoms with Crippen LogP contribution < -0.4 is 0 Å². The van der Waals surface area contributed by atoms with Crippen LogP contribution in [-0.4, -0.2) is 37.0 Å². The monoisotopic (exact) mass is 320 g/mol. The van der Waals surface area contributed by atoms with Gasteiger partial charge in [-0.2, -0.15) is 0 Å². The van der Waals surface area contributed by atoms with Gasteiger partial charge in [0.25, 0.3) is 0 Å². The summed E-state index contributed by atoms with van der Waals surface area (Å²) in [6.45, 7) is 6.76. The molecule has 2 aliphatic carbocycles. The molecule has 0 amide bonds. The van der Waals surface area contributed by atoms with Crippen LogP contribution in [0, 0.1) is 17.8 Å². The predicted molar refractivity (Wildman–Crippen MR) is 85.9 cm³/mol. The summed E-state index contributed by atoms with van der Waals surface area (Å²) < 4.78 is 16.7. The van der Waals surface area contributed by atoms with E-state index < -0.39 is 0 Å². The fraction of sp³-hybridized carbons (Fsp3) is 0.842. The van der Waals surface area contributed by atoms with Crippen LogP contribution in [0.4, 0.5) is 0 Å². The molecular weight excluding hydrogens is 292 g/mol. The highest BCUT2D eigenvalue weighted by atomic mass is 16.6. The van der Waals surface area contributed by atoms with Crippen molar-refractivity contribution in [1.29, 1.82) is 0 Å². The van der Waals surface area contributed by atoms with Gasteiger partial charge in [-0.3, -0.25) is 4.79 Å². The Bertz CT molecular complexity index is 488. The van der Waals surface area contributed by atoms with E-state index in [1.54, 1.807) is 0 Å². The van der Waals surface area contributed by atoms with E-state index in [-0.39, 0.29) is 11.9 Å². The van der Waals surface area contributed by atoms with Crippen LogP contribution in [0.15, 0.2) is 12.2 Å². The number of carbonyl (C=O) groups excluding carboxylic acids is 1. The van der Waals surface area contributed by atoms with E-state index in [2.05, 4.69) is 6.58 Å². The van der Waals surface area contributed by atoms with E-state index in [0.29, 0.717) is 42.9 Å². The molecule has 128 valence electrons. The van der Waals surface area contributed by atoms with Crippen molar-refractivity contribution in [3.8, 4) is 0 Å². The maximum Gasteiger partial charge on any atom is 0.308 e. The van der Waals surface area contributed by atoms with E-state index in [1.807, 2.05) is 6.92 Å². The molecule has 4 heteroatoms. The van der Waals surface area contributed by atoms with Crippen LogP contribution in [0.1, 0.15) is 51.9 Å². The molecule has 2 saturated carbocycles. The highest BCUT2D eigenvalue weighted by Gasteiger charge is 2.45. The largest absolute Gasteiger partial charge is 0.465 e. The molecule has 4 nitrogen and oxygen atoms in total. The first kappa shape index (κ1) is 15.6. The summed E-state index contributed by atoms with van der Waals surface area (Å²) in [5.41, 5.74) is 1.20. The molecule has 4 aliphatic rings. The van der Waals surface area contributed by atoms with Crippen molar-refractivity contribution in [3.63, 3.8) is 0 Å². The molecule has 2 heterocycles. The van der Waals surface area contributed by atoms with Gasteiger partial charge in [-0.05, 0) is 56.8 Å². The summed E-state index contributed by atoms with van der Waals surface area (Å²) in [5, 5.41) is 0. The van der Waals surface area contributed by atoms with Crippen molar-refractivity contribution >= 4 is 5.97 Å². The lowest BCUT2D eigenvalue weighted by Crippen LogP contribution is -2.24. The topological polar surface area (TPSA) is 51.4 Å². The Kier molecular flexibility index (Phi) is 4.22. The van der Waals surface area contributed by atoms with E-state index >= 15 is 0 Å². The summed E-state index contributed by atoms with van der Waals surface area (Å²) in [4.78, 5) is 12.2. The summed E-state index contributed by atoms with van der Waals surface area (Å²) in [7, 11) is 0. The summed E-state index contributed by atoms with van der Waals surface area (Å²) in [5.74, 6) is 0.854. The van der Waals surface area contributed by atoms with Crippen molar-refractivity contribution in [2.24, 2.45) is 17.8 Å². The van der Waals surface area contributed by atoms with Crippen LogP contribution in [0.25, 0.3) is 0 Å². The molecule has 0 radical (unpaired) electrons. The molecule has 7 unspecified atom stereocenters. The zero-order valence-electron chi connectivity index (χ0n) is 14.0. The zero-order valence-corrected chi connectivity index (χ0v) is 14.0. The third-order valence-electron chi connectivity index (χ3n) is 6.13. The zero-order chi connectivity index (χ0) is 16.0. The van der Waals surface area contributed by atoms with Gasteiger partial charge in [0.2, 0.25) is 0 Å². The van der Waals surface area contributed by atoms with E-state index in [0.717, 1.165) is 44.9 Å². The van der Waals surface area contributed by atoms with Gasteiger partial charge in [0.05, 0.1) is 36.9 Å².